The number of carboxylic acids is 1. The van der Waals surface area contributed by atoms with Crippen molar-refractivity contribution in [2.45, 2.75) is 13.3 Å². The monoisotopic (exact) mass is 130 g/mol. The van der Waals surface area contributed by atoms with Crippen LogP contribution in [-0.2, 0) is 14.4 Å². The molecule has 4 heteroatoms. The van der Waals surface area contributed by atoms with E-state index >= 15 is 0 Å². The van der Waals surface area contributed by atoms with Crippen LogP contribution in [0.1, 0.15) is 13.3 Å². The molecular weight excluding hydrogens is 124 g/mol. The fourth-order valence-corrected chi connectivity index (χ4v) is 0.302. The molecule has 1 N–H and O–H groups in total. The number of Topliss-reactive ketones (excluding diaryl/α,β-unsaturated/α-hetero) is 2. The maximum absolute atomic E-state index is 10.1. The molecule has 0 aromatic heterocycles. The number of carbonyl (C=O) groups excluding carboxylic acids is 2. The zero-order valence-corrected chi connectivity index (χ0v) is 4.88. The average molecular weight is 130 g/mol. The van der Waals surface area contributed by atoms with Crippen molar-refractivity contribution in [3.05, 3.63) is 0 Å². The van der Waals surface area contributed by atoms with Crippen molar-refractivity contribution in [1.82, 2.24) is 0 Å². The summed E-state index contributed by atoms with van der Waals surface area (Å²) in [7, 11) is 0. The van der Waals surface area contributed by atoms with E-state index in [2.05, 4.69) is 0 Å². The Balaban J connectivity index is 3.79. The van der Waals surface area contributed by atoms with Crippen LogP contribution in [0.2, 0.25) is 0 Å². The fourth-order valence-electron chi connectivity index (χ4n) is 0.302. The van der Waals surface area contributed by atoms with Crippen molar-refractivity contribution in [1.29, 1.82) is 0 Å². The number of rotatable bonds is 3. The van der Waals surface area contributed by atoms with Crippen molar-refractivity contribution in [2.24, 2.45) is 0 Å². The molecule has 0 amide bonds. The quantitative estimate of drug-likeness (QED) is 0.417. The van der Waals surface area contributed by atoms with Gasteiger partial charge in [-0.1, -0.05) is 0 Å². The summed E-state index contributed by atoms with van der Waals surface area (Å²) < 4.78 is 0. The van der Waals surface area contributed by atoms with Crippen LogP contribution in [0.5, 0.6) is 0 Å². The maximum Gasteiger partial charge on any atom is 0.372 e. The van der Waals surface area contributed by atoms with Gasteiger partial charge < -0.3 is 5.11 Å². The van der Waals surface area contributed by atoms with Gasteiger partial charge in [-0.15, -0.1) is 0 Å². The summed E-state index contributed by atoms with van der Waals surface area (Å²) in [5.74, 6) is -3.03. The zero-order valence-electron chi connectivity index (χ0n) is 4.88. The zero-order chi connectivity index (χ0) is 7.44. The lowest BCUT2D eigenvalue weighted by molar-refractivity contribution is -0.150. The summed E-state index contributed by atoms with van der Waals surface area (Å²) in [5, 5.41) is 7.93. The Bertz CT molecular complexity index is 158. The summed E-state index contributed by atoms with van der Waals surface area (Å²) in [5.41, 5.74) is 0. The van der Waals surface area contributed by atoms with Gasteiger partial charge >= 0.3 is 5.97 Å². The minimum atomic E-state index is -1.55. The summed E-state index contributed by atoms with van der Waals surface area (Å²) in [6.45, 7) is 1.17. The molecule has 0 heterocycles. The van der Waals surface area contributed by atoms with E-state index in [-0.39, 0.29) is 0 Å². The number of hydrogen-bond donors (Lipinski definition) is 1. The van der Waals surface area contributed by atoms with Crippen LogP contribution in [0.3, 0.4) is 0 Å². The van der Waals surface area contributed by atoms with E-state index in [1.807, 2.05) is 0 Å². The van der Waals surface area contributed by atoms with E-state index in [1.54, 1.807) is 0 Å². The molecule has 0 atom stereocenters. The van der Waals surface area contributed by atoms with E-state index in [0.29, 0.717) is 0 Å². The molecule has 0 rings (SSSR count). The van der Waals surface area contributed by atoms with Gasteiger partial charge in [-0.2, -0.15) is 0 Å². The maximum atomic E-state index is 10.1. The third-order valence-corrected chi connectivity index (χ3v) is 0.648. The van der Waals surface area contributed by atoms with Crippen LogP contribution in [0.4, 0.5) is 0 Å². The van der Waals surface area contributed by atoms with E-state index in [9.17, 15) is 14.4 Å². The third-order valence-electron chi connectivity index (χ3n) is 0.648. The predicted octanol–water partition coefficient (Wildman–Crippen LogP) is -0.381. The lowest BCUT2D eigenvalue weighted by atomic mass is 10.2. The SMILES string of the molecule is CC(=O)CC(=O)C(=O)O. The van der Waals surface area contributed by atoms with Crippen LogP contribution in [0, 0.1) is 0 Å². The standard InChI is InChI=1S/C5H6O4/c1-3(6)2-4(7)5(8)9/h2H2,1H3,(H,8,9). The number of carbonyl (C=O) groups is 3. The van der Waals surface area contributed by atoms with Gasteiger partial charge in [-0.25, -0.2) is 4.79 Å². The molecule has 0 unspecified atom stereocenters. The minimum absolute atomic E-state index is 0.428. The molecule has 0 aromatic rings. The second-order valence-electron chi connectivity index (χ2n) is 1.61. The highest BCUT2D eigenvalue weighted by molar-refractivity contribution is 6.36. The summed E-state index contributed by atoms with van der Waals surface area (Å²) in [4.78, 5) is 29.9. The Morgan fingerprint density at radius 1 is 1.33 bits per heavy atom. The van der Waals surface area contributed by atoms with Crippen molar-refractivity contribution in [3.63, 3.8) is 0 Å². The first kappa shape index (κ1) is 7.81. The molecule has 50 valence electrons. The summed E-state index contributed by atoms with van der Waals surface area (Å²) in [6.07, 6.45) is -0.505. The molecule has 0 radical (unpaired) electrons. The molecule has 0 aliphatic rings. The average Bonchev–Trinajstić information content (AvgIpc) is 1.63. The van der Waals surface area contributed by atoms with Gasteiger partial charge in [-0.05, 0) is 6.92 Å². The fraction of sp³-hybridized carbons (Fsp3) is 0.400. The van der Waals surface area contributed by atoms with E-state index < -0.39 is 24.0 Å². The van der Waals surface area contributed by atoms with Crippen LogP contribution >= 0.6 is 0 Å². The van der Waals surface area contributed by atoms with Gasteiger partial charge in [0.05, 0.1) is 6.42 Å². The molecule has 0 fully saturated rings. The summed E-state index contributed by atoms with van der Waals surface area (Å²) >= 11 is 0. The highest BCUT2D eigenvalue weighted by Gasteiger charge is 2.12. The van der Waals surface area contributed by atoms with Crippen LogP contribution in [0.15, 0.2) is 0 Å². The molecule has 9 heavy (non-hydrogen) atoms. The number of hydrogen-bond acceptors (Lipinski definition) is 3. The molecule has 0 bridgehead atoms. The molecule has 0 saturated heterocycles. The molecule has 0 spiro atoms. The Kier molecular flexibility index (Phi) is 2.57. The Hall–Kier alpha value is -1.19. The van der Waals surface area contributed by atoms with E-state index in [0.717, 1.165) is 0 Å². The van der Waals surface area contributed by atoms with Crippen LogP contribution in [0.25, 0.3) is 0 Å². The van der Waals surface area contributed by atoms with Gasteiger partial charge in [0, 0.05) is 0 Å². The van der Waals surface area contributed by atoms with Crippen molar-refractivity contribution < 1.29 is 19.5 Å². The van der Waals surface area contributed by atoms with Crippen molar-refractivity contribution >= 4 is 17.5 Å². The highest BCUT2D eigenvalue weighted by Crippen LogP contribution is 1.83. The van der Waals surface area contributed by atoms with Gasteiger partial charge in [0.2, 0.25) is 5.78 Å². The van der Waals surface area contributed by atoms with Crippen LogP contribution in [-0.4, -0.2) is 22.6 Å². The van der Waals surface area contributed by atoms with E-state index in [1.165, 1.54) is 6.92 Å². The van der Waals surface area contributed by atoms with Gasteiger partial charge in [0.15, 0.2) is 0 Å². The first-order chi connectivity index (χ1) is 4.04. The lowest BCUT2D eigenvalue weighted by Crippen LogP contribution is -2.15. The van der Waals surface area contributed by atoms with Gasteiger partial charge in [-0.3, -0.25) is 9.59 Å². The van der Waals surface area contributed by atoms with Crippen molar-refractivity contribution in [3.8, 4) is 0 Å². The molecule has 4 nitrogen and oxygen atoms in total. The first-order valence-corrected chi connectivity index (χ1v) is 2.29. The third kappa shape index (κ3) is 3.40. The van der Waals surface area contributed by atoms with Crippen molar-refractivity contribution in [2.75, 3.05) is 0 Å². The Labute approximate surface area is 51.5 Å². The van der Waals surface area contributed by atoms with Crippen LogP contribution < -0.4 is 0 Å². The number of aliphatic carboxylic acids is 1. The molecule has 0 aliphatic carbocycles. The Morgan fingerprint density at radius 2 is 1.78 bits per heavy atom. The number of carboxylic acid groups (broad SMARTS) is 1. The second kappa shape index (κ2) is 2.96. The molecule has 0 saturated carbocycles. The molecule has 0 aliphatic heterocycles. The van der Waals surface area contributed by atoms with Gasteiger partial charge in [0.1, 0.15) is 5.78 Å². The summed E-state index contributed by atoms with van der Waals surface area (Å²) in [6, 6.07) is 0. The minimum Gasteiger partial charge on any atom is -0.475 e. The Morgan fingerprint density at radius 3 is 1.89 bits per heavy atom. The van der Waals surface area contributed by atoms with Gasteiger partial charge in [0.25, 0.3) is 0 Å². The molecular formula is C5H6O4. The second-order valence-corrected chi connectivity index (χ2v) is 1.61. The molecule has 0 aromatic carbocycles. The topological polar surface area (TPSA) is 71.4 Å². The highest BCUT2D eigenvalue weighted by atomic mass is 16.4. The predicted molar refractivity (Wildman–Crippen MR) is 27.9 cm³/mol. The van der Waals surface area contributed by atoms with E-state index in [4.69, 9.17) is 5.11 Å². The smallest absolute Gasteiger partial charge is 0.372 e. The normalized spacial score (nSPS) is 8.56. The lowest BCUT2D eigenvalue weighted by Gasteiger charge is -1.86. The number of ketones is 2. The first-order valence-electron chi connectivity index (χ1n) is 2.29. The largest absolute Gasteiger partial charge is 0.475 e.